The number of benzene rings is 1. The van der Waals surface area contributed by atoms with E-state index in [1.165, 1.54) is 12.1 Å². The highest BCUT2D eigenvalue weighted by molar-refractivity contribution is 5.44. The summed E-state index contributed by atoms with van der Waals surface area (Å²) in [7, 11) is 0. The molecule has 0 amide bonds. The van der Waals surface area contributed by atoms with Gasteiger partial charge in [-0.2, -0.15) is 5.26 Å². The van der Waals surface area contributed by atoms with Crippen molar-refractivity contribution in [2.75, 3.05) is 0 Å². The molecule has 0 saturated heterocycles. The van der Waals surface area contributed by atoms with E-state index in [2.05, 4.69) is 4.98 Å². The Balaban J connectivity index is 1.83. The number of halogens is 1. The maximum absolute atomic E-state index is 13.4. The number of rotatable bonds is 3. The van der Waals surface area contributed by atoms with Gasteiger partial charge in [0.25, 0.3) is 0 Å². The number of ether oxygens (including phenoxy) is 1. The largest absolute Gasteiger partial charge is 0.486 e. The Labute approximate surface area is 114 Å². The molecule has 0 aliphatic rings. The molecule has 98 valence electrons. The molecule has 4 nitrogen and oxygen atoms in total. The molecule has 3 rings (SSSR count). The SMILES string of the molecule is N#Cc1c(F)cccc1OCc1cn2ccccc2n1. The second kappa shape index (κ2) is 5.02. The van der Waals surface area contributed by atoms with Crippen molar-refractivity contribution in [3.63, 3.8) is 0 Å². The first-order chi connectivity index (χ1) is 9.78. The van der Waals surface area contributed by atoms with E-state index in [0.29, 0.717) is 5.69 Å². The molecule has 0 aliphatic heterocycles. The van der Waals surface area contributed by atoms with E-state index in [4.69, 9.17) is 10.00 Å². The quantitative estimate of drug-likeness (QED) is 0.733. The lowest BCUT2D eigenvalue weighted by atomic mass is 10.2. The first-order valence-corrected chi connectivity index (χ1v) is 6.02. The van der Waals surface area contributed by atoms with Crippen molar-refractivity contribution in [1.29, 1.82) is 5.26 Å². The summed E-state index contributed by atoms with van der Waals surface area (Å²) in [5.41, 5.74) is 1.44. The van der Waals surface area contributed by atoms with Crippen LogP contribution >= 0.6 is 0 Å². The molecular formula is C15H10FN3O. The Hall–Kier alpha value is -2.87. The van der Waals surface area contributed by atoms with Gasteiger partial charge in [0.05, 0.1) is 5.69 Å². The fourth-order valence-electron chi connectivity index (χ4n) is 1.94. The normalized spacial score (nSPS) is 10.4. The van der Waals surface area contributed by atoms with Gasteiger partial charge in [0.2, 0.25) is 0 Å². The van der Waals surface area contributed by atoms with Crippen molar-refractivity contribution in [3.8, 4) is 11.8 Å². The Morgan fingerprint density at radius 1 is 1.25 bits per heavy atom. The van der Waals surface area contributed by atoms with Gasteiger partial charge >= 0.3 is 0 Å². The van der Waals surface area contributed by atoms with Crippen LogP contribution in [0.25, 0.3) is 5.65 Å². The molecule has 2 aromatic heterocycles. The third-order valence-corrected chi connectivity index (χ3v) is 2.88. The first-order valence-electron chi connectivity index (χ1n) is 6.02. The molecule has 0 bridgehead atoms. The van der Waals surface area contributed by atoms with Gasteiger partial charge in [0, 0.05) is 12.4 Å². The number of nitrogens with zero attached hydrogens (tertiary/aromatic N) is 3. The number of hydrogen-bond donors (Lipinski definition) is 0. The molecular weight excluding hydrogens is 257 g/mol. The predicted octanol–water partition coefficient (Wildman–Crippen LogP) is 2.92. The van der Waals surface area contributed by atoms with E-state index in [-0.39, 0.29) is 17.9 Å². The van der Waals surface area contributed by atoms with Crippen LogP contribution in [0.5, 0.6) is 5.75 Å². The number of hydrogen-bond acceptors (Lipinski definition) is 3. The summed E-state index contributed by atoms with van der Waals surface area (Å²) in [6.45, 7) is 0.180. The van der Waals surface area contributed by atoms with Crippen LogP contribution in [0.2, 0.25) is 0 Å². The Morgan fingerprint density at radius 3 is 2.95 bits per heavy atom. The summed E-state index contributed by atoms with van der Waals surface area (Å²) in [6, 6.07) is 11.8. The molecule has 0 unspecified atom stereocenters. The van der Waals surface area contributed by atoms with Crippen molar-refractivity contribution in [1.82, 2.24) is 9.38 Å². The Morgan fingerprint density at radius 2 is 2.15 bits per heavy atom. The summed E-state index contributed by atoms with van der Waals surface area (Å²) >= 11 is 0. The topological polar surface area (TPSA) is 50.3 Å². The monoisotopic (exact) mass is 267 g/mol. The van der Waals surface area contributed by atoms with Gasteiger partial charge in [-0.1, -0.05) is 12.1 Å². The van der Waals surface area contributed by atoms with Crippen molar-refractivity contribution in [3.05, 3.63) is 65.9 Å². The number of aromatic nitrogens is 2. The number of pyridine rings is 1. The van der Waals surface area contributed by atoms with Gasteiger partial charge in [-0.05, 0) is 24.3 Å². The summed E-state index contributed by atoms with van der Waals surface area (Å²) in [5, 5.41) is 8.92. The molecule has 5 heteroatoms. The predicted molar refractivity (Wildman–Crippen MR) is 70.6 cm³/mol. The minimum atomic E-state index is -0.583. The van der Waals surface area contributed by atoms with E-state index in [1.54, 1.807) is 12.1 Å². The lowest BCUT2D eigenvalue weighted by molar-refractivity contribution is 0.299. The maximum Gasteiger partial charge on any atom is 0.144 e. The van der Waals surface area contributed by atoms with Gasteiger partial charge < -0.3 is 9.14 Å². The van der Waals surface area contributed by atoms with E-state index >= 15 is 0 Å². The van der Waals surface area contributed by atoms with E-state index < -0.39 is 5.82 Å². The molecule has 0 saturated carbocycles. The molecule has 3 aromatic rings. The highest BCUT2D eigenvalue weighted by Crippen LogP contribution is 2.21. The van der Waals surface area contributed by atoms with Gasteiger partial charge in [0.15, 0.2) is 0 Å². The molecule has 1 aromatic carbocycles. The summed E-state index contributed by atoms with van der Waals surface area (Å²) < 4.78 is 20.8. The molecule has 0 spiro atoms. The Kier molecular flexibility index (Phi) is 3.05. The van der Waals surface area contributed by atoms with Gasteiger partial charge in [-0.3, -0.25) is 0 Å². The van der Waals surface area contributed by atoms with Crippen LogP contribution in [0.4, 0.5) is 4.39 Å². The van der Waals surface area contributed by atoms with Crippen LogP contribution in [0.15, 0.2) is 48.8 Å². The van der Waals surface area contributed by atoms with Crippen LogP contribution < -0.4 is 4.74 Å². The summed E-state index contributed by atoms with van der Waals surface area (Å²) in [6.07, 6.45) is 3.72. The minimum absolute atomic E-state index is 0.0868. The maximum atomic E-state index is 13.4. The lowest BCUT2D eigenvalue weighted by Crippen LogP contribution is -1.98. The van der Waals surface area contributed by atoms with Crippen molar-refractivity contribution in [2.45, 2.75) is 6.61 Å². The van der Waals surface area contributed by atoms with E-state index in [9.17, 15) is 4.39 Å². The molecule has 0 fully saturated rings. The molecule has 0 N–H and O–H groups in total. The van der Waals surface area contributed by atoms with Gasteiger partial charge in [-0.15, -0.1) is 0 Å². The molecule has 0 aliphatic carbocycles. The summed E-state index contributed by atoms with van der Waals surface area (Å²) in [4.78, 5) is 4.37. The number of nitriles is 1. The zero-order valence-electron chi connectivity index (χ0n) is 10.5. The van der Waals surface area contributed by atoms with Gasteiger partial charge in [0.1, 0.15) is 35.5 Å². The van der Waals surface area contributed by atoms with Crippen molar-refractivity contribution < 1.29 is 9.13 Å². The molecule has 2 heterocycles. The second-order valence-corrected chi connectivity index (χ2v) is 4.21. The standard InChI is InChI=1S/C15H10FN3O/c16-13-4-3-5-14(12(13)8-17)20-10-11-9-19-7-2-1-6-15(19)18-11/h1-7,9H,10H2. The third kappa shape index (κ3) is 2.19. The summed E-state index contributed by atoms with van der Waals surface area (Å²) in [5.74, 6) is -0.357. The number of imidazole rings is 1. The van der Waals surface area contributed by atoms with Crippen LogP contribution in [0, 0.1) is 17.1 Å². The van der Waals surface area contributed by atoms with Crippen LogP contribution in [-0.4, -0.2) is 9.38 Å². The fraction of sp³-hybridized carbons (Fsp3) is 0.0667. The van der Waals surface area contributed by atoms with Crippen molar-refractivity contribution in [2.24, 2.45) is 0 Å². The van der Waals surface area contributed by atoms with Crippen molar-refractivity contribution >= 4 is 5.65 Å². The highest BCUT2D eigenvalue weighted by atomic mass is 19.1. The van der Waals surface area contributed by atoms with Crippen LogP contribution in [-0.2, 0) is 6.61 Å². The van der Waals surface area contributed by atoms with E-state index in [1.807, 2.05) is 35.0 Å². The average molecular weight is 267 g/mol. The second-order valence-electron chi connectivity index (χ2n) is 4.21. The molecule has 20 heavy (non-hydrogen) atoms. The zero-order chi connectivity index (χ0) is 13.9. The molecule has 0 radical (unpaired) electrons. The number of fused-ring (bicyclic) bond motifs is 1. The highest BCUT2D eigenvalue weighted by Gasteiger charge is 2.09. The minimum Gasteiger partial charge on any atom is -0.486 e. The van der Waals surface area contributed by atoms with Crippen LogP contribution in [0.1, 0.15) is 11.3 Å². The third-order valence-electron chi connectivity index (χ3n) is 2.88. The smallest absolute Gasteiger partial charge is 0.144 e. The Bertz CT molecular complexity index is 771. The van der Waals surface area contributed by atoms with Crippen LogP contribution in [0.3, 0.4) is 0 Å². The lowest BCUT2D eigenvalue weighted by Gasteiger charge is -2.06. The first kappa shape index (κ1) is 12.2. The molecule has 0 atom stereocenters. The van der Waals surface area contributed by atoms with E-state index in [0.717, 1.165) is 5.65 Å². The van der Waals surface area contributed by atoms with Gasteiger partial charge in [-0.25, -0.2) is 9.37 Å². The zero-order valence-corrected chi connectivity index (χ0v) is 10.5. The fourth-order valence-corrected chi connectivity index (χ4v) is 1.94. The average Bonchev–Trinajstić information content (AvgIpc) is 2.88.